The van der Waals surface area contributed by atoms with E-state index in [4.69, 9.17) is 4.74 Å². The standard InChI is InChI=1S/C11H13N3O/c1-7-4-8-10(9(5-7)15-3)13-6-14-11(8)12-2/h4-6H,1-3H3,(H,12,13,14)/p+1. The Morgan fingerprint density at radius 2 is 2.07 bits per heavy atom. The summed E-state index contributed by atoms with van der Waals surface area (Å²) in [4.78, 5) is 8.47. The summed E-state index contributed by atoms with van der Waals surface area (Å²) in [5.41, 5.74) is 2.02. The zero-order valence-corrected chi connectivity index (χ0v) is 9.11. The molecule has 1 heterocycles. The number of nitrogens with zero attached hydrogens (tertiary/aromatic N) is 2. The number of aromatic nitrogens is 2. The largest absolute Gasteiger partial charge is 0.494 e. The van der Waals surface area contributed by atoms with E-state index in [0.717, 1.165) is 28.0 Å². The summed E-state index contributed by atoms with van der Waals surface area (Å²) < 4.78 is 5.30. The molecule has 0 radical (unpaired) electrons. The summed E-state index contributed by atoms with van der Waals surface area (Å²) in [5, 5.41) is 3.01. The van der Waals surface area contributed by atoms with Crippen molar-refractivity contribution in [1.82, 2.24) is 9.97 Å². The molecule has 0 atom stereocenters. The Kier molecular flexibility index (Phi) is 2.51. The van der Waals surface area contributed by atoms with Crippen LogP contribution >= 0.6 is 0 Å². The molecule has 0 aliphatic rings. The van der Waals surface area contributed by atoms with Crippen LogP contribution < -0.4 is 10.1 Å². The molecule has 0 aliphatic carbocycles. The van der Waals surface area contributed by atoms with Gasteiger partial charge in [0.25, 0.3) is 0 Å². The molecule has 1 aromatic carbocycles. The van der Waals surface area contributed by atoms with Crippen molar-refractivity contribution in [2.75, 3.05) is 14.2 Å². The second-order valence-electron chi connectivity index (χ2n) is 3.41. The molecule has 0 fully saturated rings. The van der Waals surface area contributed by atoms with Crippen LogP contribution in [0.4, 0.5) is 5.82 Å². The number of ether oxygens (including phenoxy) is 1. The van der Waals surface area contributed by atoms with Crippen LogP contribution in [0.25, 0.3) is 10.9 Å². The SMILES string of the molecule is C[NH2+]c1ncnc2c(OC)cc(C)cc12. The van der Waals surface area contributed by atoms with Crippen molar-refractivity contribution in [3.05, 3.63) is 24.0 Å². The summed E-state index contributed by atoms with van der Waals surface area (Å²) >= 11 is 0. The van der Waals surface area contributed by atoms with Gasteiger partial charge in [0.2, 0.25) is 5.82 Å². The van der Waals surface area contributed by atoms with Crippen molar-refractivity contribution in [3.63, 3.8) is 0 Å². The number of fused-ring (bicyclic) bond motifs is 1. The maximum Gasteiger partial charge on any atom is 0.235 e. The third kappa shape index (κ3) is 1.64. The van der Waals surface area contributed by atoms with E-state index in [1.807, 2.05) is 25.4 Å². The minimum Gasteiger partial charge on any atom is -0.494 e. The van der Waals surface area contributed by atoms with Gasteiger partial charge in [-0.25, -0.2) is 4.98 Å². The number of nitrogens with two attached hydrogens (primary N) is 1. The molecule has 2 N–H and O–H groups in total. The summed E-state index contributed by atoms with van der Waals surface area (Å²) in [6.45, 7) is 2.04. The Morgan fingerprint density at radius 3 is 2.73 bits per heavy atom. The van der Waals surface area contributed by atoms with Crippen LogP contribution in [0.2, 0.25) is 0 Å². The molecule has 0 saturated heterocycles. The van der Waals surface area contributed by atoms with Crippen LogP contribution in [-0.4, -0.2) is 24.1 Å². The average molecular weight is 204 g/mol. The number of hydrogen-bond acceptors (Lipinski definition) is 3. The van der Waals surface area contributed by atoms with E-state index in [1.54, 1.807) is 13.4 Å². The van der Waals surface area contributed by atoms with Crippen LogP contribution in [0, 0.1) is 6.92 Å². The van der Waals surface area contributed by atoms with Gasteiger partial charge in [-0.1, -0.05) is 0 Å². The molecule has 2 aromatic rings. The molecule has 0 aliphatic heterocycles. The van der Waals surface area contributed by atoms with Crippen LogP contribution in [0.5, 0.6) is 5.75 Å². The summed E-state index contributed by atoms with van der Waals surface area (Å²) in [6.07, 6.45) is 1.56. The van der Waals surface area contributed by atoms with E-state index in [9.17, 15) is 0 Å². The van der Waals surface area contributed by atoms with E-state index in [0.29, 0.717) is 0 Å². The fraction of sp³-hybridized carbons (Fsp3) is 0.273. The molecule has 1 aromatic heterocycles. The van der Waals surface area contributed by atoms with Gasteiger partial charge in [-0.2, -0.15) is 4.98 Å². The predicted octanol–water partition coefficient (Wildman–Crippen LogP) is 0.772. The van der Waals surface area contributed by atoms with Gasteiger partial charge in [0, 0.05) is 0 Å². The van der Waals surface area contributed by atoms with Crippen LogP contribution in [0.3, 0.4) is 0 Å². The van der Waals surface area contributed by atoms with E-state index >= 15 is 0 Å². The number of aryl methyl sites for hydroxylation is 1. The predicted molar refractivity (Wildman–Crippen MR) is 58.3 cm³/mol. The first-order chi connectivity index (χ1) is 7.26. The molecule has 15 heavy (non-hydrogen) atoms. The van der Waals surface area contributed by atoms with Crippen molar-refractivity contribution in [1.29, 1.82) is 0 Å². The highest BCUT2D eigenvalue weighted by Crippen LogP contribution is 2.27. The van der Waals surface area contributed by atoms with Crippen molar-refractivity contribution in [2.24, 2.45) is 0 Å². The molecule has 0 saturated carbocycles. The number of hydrogen-bond donors (Lipinski definition) is 1. The lowest BCUT2D eigenvalue weighted by Gasteiger charge is -2.06. The topological polar surface area (TPSA) is 51.6 Å². The monoisotopic (exact) mass is 204 g/mol. The van der Waals surface area contributed by atoms with Gasteiger partial charge in [-0.05, 0) is 24.6 Å². The van der Waals surface area contributed by atoms with Gasteiger partial charge in [-0.3, -0.25) is 5.32 Å². The smallest absolute Gasteiger partial charge is 0.235 e. The minimum absolute atomic E-state index is 0.801. The summed E-state index contributed by atoms with van der Waals surface area (Å²) in [5.74, 6) is 1.75. The summed E-state index contributed by atoms with van der Waals surface area (Å²) in [6, 6.07) is 4.06. The van der Waals surface area contributed by atoms with Gasteiger partial charge in [-0.15, -0.1) is 0 Å². The Labute approximate surface area is 88.3 Å². The third-order valence-corrected chi connectivity index (χ3v) is 2.37. The van der Waals surface area contributed by atoms with Crippen LogP contribution in [0.15, 0.2) is 18.5 Å². The second-order valence-corrected chi connectivity index (χ2v) is 3.41. The maximum absolute atomic E-state index is 5.30. The van der Waals surface area contributed by atoms with Gasteiger partial charge >= 0.3 is 0 Å². The Bertz CT molecular complexity index is 496. The molecular weight excluding hydrogens is 190 g/mol. The third-order valence-electron chi connectivity index (χ3n) is 2.37. The zero-order valence-electron chi connectivity index (χ0n) is 9.11. The molecule has 4 nitrogen and oxygen atoms in total. The van der Waals surface area contributed by atoms with Crippen LogP contribution in [-0.2, 0) is 0 Å². The van der Waals surface area contributed by atoms with Crippen molar-refractivity contribution in [3.8, 4) is 5.75 Å². The first-order valence-electron chi connectivity index (χ1n) is 4.85. The first kappa shape index (κ1) is 9.86. The molecular formula is C11H14N3O+. The maximum atomic E-state index is 5.30. The lowest BCUT2D eigenvalue weighted by Crippen LogP contribution is -2.73. The normalized spacial score (nSPS) is 10.6. The van der Waals surface area contributed by atoms with E-state index in [1.165, 1.54) is 0 Å². The summed E-state index contributed by atoms with van der Waals surface area (Å²) in [7, 11) is 3.63. The number of rotatable bonds is 2. The highest BCUT2D eigenvalue weighted by atomic mass is 16.5. The number of benzene rings is 1. The van der Waals surface area contributed by atoms with Crippen molar-refractivity contribution in [2.45, 2.75) is 6.92 Å². The highest BCUT2D eigenvalue weighted by molar-refractivity contribution is 5.90. The van der Waals surface area contributed by atoms with E-state index in [2.05, 4.69) is 16.0 Å². The fourth-order valence-corrected chi connectivity index (χ4v) is 1.68. The minimum atomic E-state index is 0.801. The Morgan fingerprint density at radius 1 is 1.27 bits per heavy atom. The van der Waals surface area contributed by atoms with Gasteiger partial charge in [0.15, 0.2) is 0 Å². The number of methoxy groups -OCH3 is 1. The van der Waals surface area contributed by atoms with Crippen LogP contribution in [0.1, 0.15) is 5.56 Å². The Balaban J connectivity index is 2.82. The van der Waals surface area contributed by atoms with Gasteiger partial charge in [0.05, 0.1) is 19.5 Å². The van der Waals surface area contributed by atoms with Crippen molar-refractivity contribution < 1.29 is 10.1 Å². The van der Waals surface area contributed by atoms with Crippen molar-refractivity contribution >= 4 is 16.7 Å². The number of quaternary nitrogens is 1. The molecule has 0 bridgehead atoms. The van der Waals surface area contributed by atoms with Gasteiger partial charge < -0.3 is 4.74 Å². The lowest BCUT2D eigenvalue weighted by atomic mass is 10.1. The average Bonchev–Trinajstić information content (AvgIpc) is 2.27. The first-order valence-corrected chi connectivity index (χ1v) is 4.85. The highest BCUT2D eigenvalue weighted by Gasteiger charge is 2.10. The zero-order chi connectivity index (χ0) is 10.8. The second kappa shape index (κ2) is 3.82. The fourth-order valence-electron chi connectivity index (χ4n) is 1.68. The lowest BCUT2D eigenvalue weighted by molar-refractivity contribution is -0.541. The van der Waals surface area contributed by atoms with E-state index in [-0.39, 0.29) is 0 Å². The molecule has 0 amide bonds. The molecule has 0 unspecified atom stereocenters. The molecule has 2 rings (SSSR count). The molecule has 78 valence electrons. The Hall–Kier alpha value is -1.68. The molecule has 4 heteroatoms. The quantitative estimate of drug-likeness (QED) is 0.786. The molecule has 0 spiro atoms. The van der Waals surface area contributed by atoms with E-state index < -0.39 is 0 Å². The van der Waals surface area contributed by atoms with Gasteiger partial charge in [0.1, 0.15) is 17.6 Å².